The monoisotopic (exact) mass is 300 g/mol. The summed E-state index contributed by atoms with van der Waals surface area (Å²) in [6.45, 7) is 2.68. The summed E-state index contributed by atoms with van der Waals surface area (Å²) >= 11 is 11.1. The van der Waals surface area contributed by atoms with Crippen LogP contribution in [0.2, 0.25) is 5.02 Å². The standard InChI is InChI=1S/C13H17ClN2O2S/c1-3-18-11(17)7-8-16(2)10-6-4-5-9(14)12(10)13(15)19/h4-6H,3,7-8H2,1-2H3,(H2,15,19). The van der Waals surface area contributed by atoms with Gasteiger partial charge in [-0.15, -0.1) is 0 Å². The first kappa shape index (κ1) is 15.7. The minimum absolute atomic E-state index is 0.228. The highest BCUT2D eigenvalue weighted by atomic mass is 35.5. The Kier molecular flexibility index (Phi) is 6.05. The SMILES string of the molecule is CCOC(=O)CCN(C)c1cccc(Cl)c1C(N)=S. The first-order valence-electron chi connectivity index (χ1n) is 5.92. The number of halogens is 1. The van der Waals surface area contributed by atoms with Crippen molar-refractivity contribution in [3.05, 3.63) is 28.8 Å². The maximum atomic E-state index is 11.3. The molecule has 4 nitrogen and oxygen atoms in total. The van der Waals surface area contributed by atoms with Gasteiger partial charge < -0.3 is 15.4 Å². The number of rotatable bonds is 6. The van der Waals surface area contributed by atoms with Crippen molar-refractivity contribution in [1.29, 1.82) is 0 Å². The molecule has 0 saturated heterocycles. The van der Waals surface area contributed by atoms with Gasteiger partial charge in [0.15, 0.2) is 0 Å². The Balaban J connectivity index is 2.82. The Morgan fingerprint density at radius 1 is 1.53 bits per heavy atom. The van der Waals surface area contributed by atoms with E-state index in [9.17, 15) is 4.79 Å². The molecular weight excluding hydrogens is 284 g/mol. The molecule has 6 heteroatoms. The van der Waals surface area contributed by atoms with Crippen LogP contribution in [0.4, 0.5) is 5.69 Å². The zero-order valence-electron chi connectivity index (χ0n) is 11.0. The summed E-state index contributed by atoms with van der Waals surface area (Å²) < 4.78 is 4.89. The summed E-state index contributed by atoms with van der Waals surface area (Å²) in [6, 6.07) is 5.42. The average Bonchev–Trinajstić information content (AvgIpc) is 2.35. The summed E-state index contributed by atoms with van der Waals surface area (Å²) in [4.78, 5) is 13.5. The van der Waals surface area contributed by atoms with Gasteiger partial charge in [0.25, 0.3) is 0 Å². The second-order valence-electron chi connectivity index (χ2n) is 3.97. The van der Waals surface area contributed by atoms with Crippen LogP contribution in [-0.4, -0.2) is 31.2 Å². The quantitative estimate of drug-likeness (QED) is 0.646. The van der Waals surface area contributed by atoms with Gasteiger partial charge in [-0.25, -0.2) is 0 Å². The predicted molar refractivity (Wildman–Crippen MR) is 81.9 cm³/mol. The molecule has 0 bridgehead atoms. The minimum atomic E-state index is -0.228. The highest BCUT2D eigenvalue weighted by Crippen LogP contribution is 2.26. The van der Waals surface area contributed by atoms with Crippen LogP contribution in [-0.2, 0) is 9.53 Å². The molecule has 0 aromatic heterocycles. The smallest absolute Gasteiger partial charge is 0.307 e. The van der Waals surface area contributed by atoms with Gasteiger partial charge in [0.1, 0.15) is 4.99 Å². The number of thiocarbonyl (C=S) groups is 1. The molecule has 0 aliphatic heterocycles. The Labute approximate surface area is 123 Å². The third kappa shape index (κ3) is 4.36. The molecule has 0 fully saturated rings. The largest absolute Gasteiger partial charge is 0.466 e. The molecule has 1 aromatic rings. The van der Waals surface area contributed by atoms with E-state index in [1.807, 2.05) is 24.1 Å². The van der Waals surface area contributed by atoms with E-state index in [4.69, 9.17) is 34.3 Å². The third-order valence-corrected chi connectivity index (χ3v) is 3.13. The van der Waals surface area contributed by atoms with Crippen LogP contribution >= 0.6 is 23.8 Å². The molecule has 0 saturated carbocycles. The topological polar surface area (TPSA) is 55.6 Å². The maximum absolute atomic E-state index is 11.3. The fourth-order valence-corrected chi connectivity index (χ4v) is 2.23. The zero-order chi connectivity index (χ0) is 14.4. The fourth-order valence-electron chi connectivity index (χ4n) is 1.69. The van der Waals surface area contributed by atoms with Crippen molar-refractivity contribution in [3.8, 4) is 0 Å². The molecule has 0 unspecified atom stereocenters. The van der Waals surface area contributed by atoms with E-state index >= 15 is 0 Å². The minimum Gasteiger partial charge on any atom is -0.466 e. The van der Waals surface area contributed by atoms with Gasteiger partial charge in [-0.05, 0) is 19.1 Å². The molecule has 0 amide bonds. The molecule has 104 valence electrons. The molecule has 0 aliphatic rings. The van der Waals surface area contributed by atoms with Crippen LogP contribution in [0.15, 0.2) is 18.2 Å². The summed E-state index contributed by atoms with van der Waals surface area (Å²) in [5.74, 6) is -0.228. The fraction of sp³-hybridized carbons (Fsp3) is 0.385. The lowest BCUT2D eigenvalue weighted by Crippen LogP contribution is -2.25. The van der Waals surface area contributed by atoms with E-state index < -0.39 is 0 Å². The predicted octanol–water partition coefficient (Wildman–Crippen LogP) is 2.36. The molecule has 0 atom stereocenters. The number of carbonyl (C=O) groups excluding carboxylic acids is 1. The van der Waals surface area contributed by atoms with Gasteiger partial charge in [0, 0.05) is 19.3 Å². The van der Waals surface area contributed by atoms with Crippen molar-refractivity contribution in [3.63, 3.8) is 0 Å². The number of anilines is 1. The molecule has 2 N–H and O–H groups in total. The summed E-state index contributed by atoms with van der Waals surface area (Å²) in [6.07, 6.45) is 0.299. The van der Waals surface area contributed by atoms with E-state index in [-0.39, 0.29) is 11.0 Å². The first-order valence-corrected chi connectivity index (χ1v) is 6.71. The molecular formula is C13H17ClN2O2S. The van der Waals surface area contributed by atoms with E-state index in [2.05, 4.69) is 0 Å². The van der Waals surface area contributed by atoms with Gasteiger partial charge in [0.05, 0.1) is 23.6 Å². The number of ether oxygens (including phenoxy) is 1. The molecule has 0 spiro atoms. The summed E-state index contributed by atoms with van der Waals surface area (Å²) in [5.41, 5.74) is 7.13. The summed E-state index contributed by atoms with van der Waals surface area (Å²) in [7, 11) is 1.85. The lowest BCUT2D eigenvalue weighted by atomic mass is 10.1. The highest BCUT2D eigenvalue weighted by Gasteiger charge is 2.14. The second kappa shape index (κ2) is 7.31. The van der Waals surface area contributed by atoms with Crippen molar-refractivity contribution in [1.82, 2.24) is 0 Å². The molecule has 1 rings (SSSR count). The van der Waals surface area contributed by atoms with E-state index in [0.717, 1.165) is 5.69 Å². The van der Waals surface area contributed by atoms with Crippen molar-refractivity contribution in [2.75, 3.05) is 25.1 Å². The number of nitrogens with two attached hydrogens (primary N) is 1. The van der Waals surface area contributed by atoms with Crippen molar-refractivity contribution in [2.24, 2.45) is 5.73 Å². The normalized spacial score (nSPS) is 10.1. The lowest BCUT2D eigenvalue weighted by Gasteiger charge is -2.22. The first-order chi connectivity index (χ1) is 8.97. The Bertz CT molecular complexity index is 480. The molecule has 0 heterocycles. The van der Waals surface area contributed by atoms with Crippen LogP contribution in [0.5, 0.6) is 0 Å². The van der Waals surface area contributed by atoms with Crippen molar-refractivity contribution < 1.29 is 9.53 Å². The molecule has 0 aliphatic carbocycles. The number of nitrogens with zero attached hydrogens (tertiary/aromatic N) is 1. The van der Waals surface area contributed by atoms with Crippen LogP contribution < -0.4 is 10.6 Å². The number of carbonyl (C=O) groups is 1. The van der Waals surface area contributed by atoms with E-state index in [1.54, 1.807) is 13.0 Å². The van der Waals surface area contributed by atoms with Crippen molar-refractivity contribution in [2.45, 2.75) is 13.3 Å². The number of benzene rings is 1. The van der Waals surface area contributed by atoms with E-state index in [1.165, 1.54) is 0 Å². The second-order valence-corrected chi connectivity index (χ2v) is 4.82. The maximum Gasteiger partial charge on any atom is 0.307 e. The van der Waals surface area contributed by atoms with Gasteiger partial charge in [-0.1, -0.05) is 29.9 Å². The zero-order valence-corrected chi connectivity index (χ0v) is 12.6. The van der Waals surface area contributed by atoms with E-state index in [0.29, 0.717) is 30.2 Å². The molecule has 19 heavy (non-hydrogen) atoms. The van der Waals surface area contributed by atoms with Gasteiger partial charge in [-0.2, -0.15) is 0 Å². The van der Waals surface area contributed by atoms with Gasteiger partial charge in [0.2, 0.25) is 0 Å². The Morgan fingerprint density at radius 2 is 2.21 bits per heavy atom. The average molecular weight is 301 g/mol. The number of hydrogen-bond donors (Lipinski definition) is 1. The van der Waals surface area contributed by atoms with Crippen LogP contribution in [0.3, 0.4) is 0 Å². The third-order valence-electron chi connectivity index (χ3n) is 2.61. The Hall–Kier alpha value is -1.33. The number of esters is 1. The Morgan fingerprint density at radius 3 is 2.79 bits per heavy atom. The van der Waals surface area contributed by atoms with Crippen LogP contribution in [0, 0.1) is 0 Å². The lowest BCUT2D eigenvalue weighted by molar-refractivity contribution is -0.142. The van der Waals surface area contributed by atoms with Crippen LogP contribution in [0.1, 0.15) is 18.9 Å². The van der Waals surface area contributed by atoms with Gasteiger partial charge >= 0.3 is 5.97 Å². The van der Waals surface area contributed by atoms with Gasteiger partial charge in [-0.3, -0.25) is 4.79 Å². The van der Waals surface area contributed by atoms with Crippen molar-refractivity contribution >= 4 is 40.5 Å². The molecule has 1 aromatic carbocycles. The highest BCUT2D eigenvalue weighted by molar-refractivity contribution is 7.80. The molecule has 0 radical (unpaired) electrons. The number of hydrogen-bond acceptors (Lipinski definition) is 4. The van der Waals surface area contributed by atoms with Crippen LogP contribution in [0.25, 0.3) is 0 Å². The summed E-state index contributed by atoms with van der Waals surface area (Å²) in [5, 5.41) is 0.507.